The lowest BCUT2D eigenvalue weighted by molar-refractivity contribution is -0.183. The molecule has 142 valence electrons. The SMILES string of the molecule is C=C(C=O)CNc1ccc(OC)c(/C=C/[C@H]2CC[C@H](C(F)(F)F)CC2)c1. The number of allylic oxidation sites excluding steroid dienone is 1. The third-order valence-electron chi connectivity index (χ3n) is 4.70. The van der Waals surface area contributed by atoms with E-state index in [1.54, 1.807) is 7.11 Å². The highest BCUT2D eigenvalue weighted by atomic mass is 19.4. The Bertz CT molecular complexity index is 660. The van der Waals surface area contributed by atoms with Gasteiger partial charge >= 0.3 is 6.18 Å². The van der Waals surface area contributed by atoms with Crippen molar-refractivity contribution in [2.45, 2.75) is 31.9 Å². The largest absolute Gasteiger partial charge is 0.496 e. The van der Waals surface area contributed by atoms with E-state index >= 15 is 0 Å². The summed E-state index contributed by atoms with van der Waals surface area (Å²) in [6.45, 7) is 3.96. The molecule has 0 heterocycles. The number of ether oxygens (including phenoxy) is 1. The third-order valence-corrected chi connectivity index (χ3v) is 4.70. The molecule has 0 unspecified atom stereocenters. The molecular formula is C20H24F3NO2. The minimum absolute atomic E-state index is 0.143. The predicted octanol–water partition coefficient (Wildman–Crippen LogP) is 5.24. The van der Waals surface area contributed by atoms with Gasteiger partial charge in [0.2, 0.25) is 0 Å². The summed E-state index contributed by atoms with van der Waals surface area (Å²) in [5.74, 6) is -0.338. The van der Waals surface area contributed by atoms with Gasteiger partial charge in [-0.15, -0.1) is 0 Å². The minimum atomic E-state index is -4.08. The number of nitrogens with one attached hydrogen (secondary N) is 1. The summed E-state index contributed by atoms with van der Waals surface area (Å²) >= 11 is 0. The van der Waals surface area contributed by atoms with Crippen LogP contribution >= 0.6 is 0 Å². The molecule has 0 aromatic heterocycles. The monoisotopic (exact) mass is 367 g/mol. The number of hydrogen-bond donors (Lipinski definition) is 1. The maximum Gasteiger partial charge on any atom is 0.391 e. The van der Waals surface area contributed by atoms with Crippen LogP contribution in [0.25, 0.3) is 6.08 Å². The zero-order valence-electron chi connectivity index (χ0n) is 14.8. The van der Waals surface area contributed by atoms with Crippen molar-refractivity contribution in [1.82, 2.24) is 0 Å². The number of carbonyl (C=O) groups is 1. The van der Waals surface area contributed by atoms with Gasteiger partial charge in [0.1, 0.15) is 12.0 Å². The van der Waals surface area contributed by atoms with Crippen molar-refractivity contribution < 1.29 is 22.7 Å². The van der Waals surface area contributed by atoms with Crippen LogP contribution in [0.1, 0.15) is 31.2 Å². The summed E-state index contributed by atoms with van der Waals surface area (Å²) in [6.07, 6.45) is 1.95. The molecule has 0 bridgehead atoms. The lowest BCUT2D eigenvalue weighted by Gasteiger charge is -2.28. The highest BCUT2D eigenvalue weighted by Gasteiger charge is 2.40. The van der Waals surface area contributed by atoms with Gasteiger partial charge in [-0.05, 0) is 49.8 Å². The van der Waals surface area contributed by atoms with Gasteiger partial charge in [-0.1, -0.05) is 18.7 Å². The number of carbonyl (C=O) groups excluding carboxylic acids is 1. The Morgan fingerprint density at radius 3 is 2.58 bits per heavy atom. The van der Waals surface area contributed by atoms with E-state index in [0.717, 1.165) is 11.3 Å². The Balaban J connectivity index is 2.02. The highest BCUT2D eigenvalue weighted by molar-refractivity contribution is 5.74. The number of alkyl halides is 3. The van der Waals surface area contributed by atoms with Crippen LogP contribution in [0.5, 0.6) is 5.75 Å². The van der Waals surface area contributed by atoms with Crippen LogP contribution in [0.2, 0.25) is 0 Å². The second-order valence-electron chi connectivity index (χ2n) is 6.60. The van der Waals surface area contributed by atoms with Crippen LogP contribution < -0.4 is 10.1 Å². The Labute approximate surface area is 151 Å². The van der Waals surface area contributed by atoms with Crippen LogP contribution in [0.4, 0.5) is 18.9 Å². The van der Waals surface area contributed by atoms with Gasteiger partial charge in [0.25, 0.3) is 0 Å². The number of anilines is 1. The molecule has 0 atom stereocenters. The average Bonchev–Trinajstić information content (AvgIpc) is 2.64. The molecule has 2 rings (SSSR count). The molecule has 1 saturated carbocycles. The zero-order chi connectivity index (χ0) is 19.2. The van der Waals surface area contributed by atoms with E-state index in [2.05, 4.69) is 11.9 Å². The van der Waals surface area contributed by atoms with E-state index in [1.807, 2.05) is 30.4 Å². The van der Waals surface area contributed by atoms with Gasteiger partial charge in [0.05, 0.1) is 13.0 Å². The number of halogens is 3. The van der Waals surface area contributed by atoms with Gasteiger partial charge < -0.3 is 10.1 Å². The van der Waals surface area contributed by atoms with E-state index in [-0.39, 0.29) is 18.8 Å². The van der Waals surface area contributed by atoms with E-state index in [4.69, 9.17) is 4.74 Å². The van der Waals surface area contributed by atoms with Crippen molar-refractivity contribution >= 4 is 18.0 Å². The lowest BCUT2D eigenvalue weighted by Crippen LogP contribution is -2.27. The molecule has 1 aromatic rings. The molecule has 1 fully saturated rings. The van der Waals surface area contributed by atoms with Crippen LogP contribution in [0.15, 0.2) is 36.4 Å². The van der Waals surface area contributed by atoms with Gasteiger partial charge in [0.15, 0.2) is 0 Å². The summed E-state index contributed by atoms with van der Waals surface area (Å²) in [5, 5.41) is 3.10. The molecule has 26 heavy (non-hydrogen) atoms. The van der Waals surface area contributed by atoms with E-state index in [9.17, 15) is 18.0 Å². The topological polar surface area (TPSA) is 38.3 Å². The Morgan fingerprint density at radius 2 is 2.00 bits per heavy atom. The molecule has 0 radical (unpaired) electrons. The second-order valence-corrected chi connectivity index (χ2v) is 6.60. The number of rotatable bonds is 7. The van der Waals surface area contributed by atoms with Crippen molar-refractivity contribution in [3.8, 4) is 5.75 Å². The van der Waals surface area contributed by atoms with Crippen LogP contribution in [-0.2, 0) is 4.79 Å². The number of benzene rings is 1. The van der Waals surface area contributed by atoms with E-state index in [0.29, 0.717) is 37.0 Å². The molecule has 0 amide bonds. The Hall–Kier alpha value is -2.24. The maximum absolute atomic E-state index is 12.7. The summed E-state index contributed by atoms with van der Waals surface area (Å²) in [7, 11) is 1.57. The summed E-state index contributed by atoms with van der Waals surface area (Å²) in [4.78, 5) is 10.6. The van der Waals surface area contributed by atoms with Crippen molar-refractivity contribution in [3.63, 3.8) is 0 Å². The van der Waals surface area contributed by atoms with Gasteiger partial charge in [-0.2, -0.15) is 13.2 Å². The van der Waals surface area contributed by atoms with Gasteiger partial charge in [0, 0.05) is 23.4 Å². The molecule has 1 N–H and O–H groups in total. The molecule has 1 aromatic carbocycles. The first-order valence-electron chi connectivity index (χ1n) is 8.63. The first kappa shape index (κ1) is 20.1. The van der Waals surface area contributed by atoms with Crippen molar-refractivity contribution in [3.05, 3.63) is 42.0 Å². The summed E-state index contributed by atoms with van der Waals surface area (Å²) in [6, 6.07) is 5.53. The number of methoxy groups -OCH3 is 1. The van der Waals surface area contributed by atoms with Crippen LogP contribution in [0.3, 0.4) is 0 Å². The molecule has 3 nitrogen and oxygen atoms in total. The van der Waals surface area contributed by atoms with E-state index in [1.165, 1.54) is 0 Å². The van der Waals surface area contributed by atoms with Gasteiger partial charge in [-0.25, -0.2) is 0 Å². The van der Waals surface area contributed by atoms with E-state index < -0.39 is 12.1 Å². The third kappa shape index (κ3) is 5.64. The minimum Gasteiger partial charge on any atom is -0.496 e. The standard InChI is InChI=1S/C20H24F3NO2/c1-14(13-25)12-24-18-9-10-19(26-2)16(11-18)6-3-15-4-7-17(8-5-15)20(21,22)23/h3,6,9-11,13,15,17,24H,1,4-5,7-8,12H2,2H3/b6-3+/t15-,17-. The fourth-order valence-corrected chi connectivity index (χ4v) is 3.11. The molecule has 6 heteroatoms. The lowest BCUT2D eigenvalue weighted by atomic mass is 9.81. The Kier molecular flexibility index (Phi) is 6.89. The molecule has 1 aliphatic carbocycles. The maximum atomic E-state index is 12.7. The number of aldehydes is 1. The molecule has 0 aliphatic heterocycles. The highest BCUT2D eigenvalue weighted by Crippen LogP contribution is 2.40. The van der Waals surface area contributed by atoms with Crippen molar-refractivity contribution in [2.24, 2.45) is 11.8 Å². The molecular weight excluding hydrogens is 343 g/mol. The Morgan fingerprint density at radius 1 is 1.31 bits per heavy atom. The summed E-state index contributed by atoms with van der Waals surface area (Å²) < 4.78 is 43.6. The first-order chi connectivity index (χ1) is 12.3. The van der Waals surface area contributed by atoms with Crippen LogP contribution in [-0.4, -0.2) is 26.1 Å². The zero-order valence-corrected chi connectivity index (χ0v) is 14.8. The molecule has 1 aliphatic rings. The molecule has 0 spiro atoms. The average molecular weight is 367 g/mol. The predicted molar refractivity (Wildman–Crippen MR) is 97.2 cm³/mol. The number of hydrogen-bond acceptors (Lipinski definition) is 3. The second kappa shape index (κ2) is 8.92. The first-order valence-corrected chi connectivity index (χ1v) is 8.63. The summed E-state index contributed by atoms with van der Waals surface area (Å²) in [5.41, 5.74) is 2.10. The van der Waals surface area contributed by atoms with Crippen molar-refractivity contribution in [2.75, 3.05) is 19.0 Å². The fourth-order valence-electron chi connectivity index (χ4n) is 3.11. The fraction of sp³-hybridized carbons (Fsp3) is 0.450. The quantitative estimate of drug-likeness (QED) is 0.529. The van der Waals surface area contributed by atoms with Crippen molar-refractivity contribution in [1.29, 1.82) is 0 Å². The smallest absolute Gasteiger partial charge is 0.391 e. The van der Waals surface area contributed by atoms with Crippen LogP contribution in [0, 0.1) is 11.8 Å². The van der Waals surface area contributed by atoms with Gasteiger partial charge in [-0.3, -0.25) is 4.79 Å². The molecule has 0 saturated heterocycles. The normalized spacial score (nSPS) is 20.8.